The third-order valence-electron chi connectivity index (χ3n) is 3.41. The molecule has 1 aliphatic rings. The second-order valence-electron chi connectivity index (χ2n) is 5.37. The maximum absolute atomic E-state index is 12.8. The lowest BCUT2D eigenvalue weighted by atomic mass is 10.00. The van der Waals surface area contributed by atoms with E-state index in [0.717, 1.165) is 50.5 Å². The highest BCUT2D eigenvalue weighted by molar-refractivity contribution is 7.57. The van der Waals surface area contributed by atoms with Gasteiger partial charge in [0, 0.05) is 5.82 Å². The van der Waals surface area contributed by atoms with Crippen molar-refractivity contribution in [2.24, 2.45) is 0 Å². The second kappa shape index (κ2) is 10.6. The van der Waals surface area contributed by atoms with Crippen LogP contribution < -0.4 is 0 Å². The maximum atomic E-state index is 12.8. The highest BCUT2D eigenvalue weighted by Gasteiger charge is 2.23. The van der Waals surface area contributed by atoms with E-state index in [1.165, 1.54) is 12.2 Å². The van der Waals surface area contributed by atoms with Gasteiger partial charge in [0.25, 0.3) is 0 Å². The SMILES string of the molecule is CCCCOP(=O)(C=C(Cl)C1=CCCCC1)OCCCC. The molecule has 21 heavy (non-hydrogen) atoms. The second-order valence-corrected chi connectivity index (χ2v) is 7.63. The fourth-order valence-electron chi connectivity index (χ4n) is 2.06. The molecule has 5 heteroatoms. The van der Waals surface area contributed by atoms with Gasteiger partial charge < -0.3 is 9.05 Å². The zero-order chi connectivity index (χ0) is 15.6. The Labute approximate surface area is 134 Å². The summed E-state index contributed by atoms with van der Waals surface area (Å²) in [6.07, 6.45) is 10.2. The molecule has 0 amide bonds. The van der Waals surface area contributed by atoms with Gasteiger partial charge in [0.2, 0.25) is 0 Å². The molecule has 0 spiro atoms. The lowest BCUT2D eigenvalue weighted by Crippen LogP contribution is -1.99. The van der Waals surface area contributed by atoms with Gasteiger partial charge in [0.05, 0.1) is 18.2 Å². The van der Waals surface area contributed by atoms with Crippen molar-refractivity contribution < 1.29 is 13.6 Å². The predicted octanol–water partition coefficient (Wildman–Crippen LogP) is 6.39. The first-order valence-corrected chi connectivity index (χ1v) is 10.1. The van der Waals surface area contributed by atoms with Crippen LogP contribution in [-0.4, -0.2) is 13.2 Å². The molecule has 0 heterocycles. The minimum absolute atomic E-state index is 0.444. The molecule has 0 aromatic rings. The molecule has 0 N–H and O–H groups in total. The van der Waals surface area contributed by atoms with E-state index in [1.807, 2.05) is 0 Å². The van der Waals surface area contributed by atoms with E-state index in [-0.39, 0.29) is 0 Å². The molecule has 0 saturated carbocycles. The largest absolute Gasteiger partial charge is 0.355 e. The summed E-state index contributed by atoms with van der Waals surface area (Å²) >= 11 is 6.33. The van der Waals surface area contributed by atoms with Crippen LogP contribution in [-0.2, 0) is 13.6 Å². The predicted molar refractivity (Wildman–Crippen MR) is 89.8 cm³/mol. The van der Waals surface area contributed by atoms with Crippen LogP contribution in [0.15, 0.2) is 22.5 Å². The van der Waals surface area contributed by atoms with Crippen molar-refractivity contribution in [1.82, 2.24) is 0 Å². The summed E-state index contributed by atoms with van der Waals surface area (Å²) in [5.41, 5.74) is 1.07. The highest BCUT2D eigenvalue weighted by Crippen LogP contribution is 2.52. The van der Waals surface area contributed by atoms with Gasteiger partial charge in [0.1, 0.15) is 0 Å². The first kappa shape index (κ1) is 19.0. The van der Waals surface area contributed by atoms with Crippen LogP contribution in [0.4, 0.5) is 0 Å². The van der Waals surface area contributed by atoms with E-state index < -0.39 is 7.60 Å². The Bertz CT molecular complexity index is 390. The van der Waals surface area contributed by atoms with Crippen LogP contribution in [0.2, 0.25) is 0 Å². The van der Waals surface area contributed by atoms with Gasteiger partial charge in [-0.15, -0.1) is 0 Å². The normalized spacial score (nSPS) is 16.9. The van der Waals surface area contributed by atoms with Crippen LogP contribution in [0.3, 0.4) is 0 Å². The summed E-state index contributed by atoms with van der Waals surface area (Å²) in [5, 5.41) is 0.533. The standard InChI is InChI=1S/C16H28ClO3P/c1-3-5-12-19-21(18,20-13-6-4-2)14-16(17)15-10-8-7-9-11-15/h10,14H,3-9,11-13H2,1-2H3. The smallest absolute Gasteiger partial charge is 0.306 e. The summed E-state index contributed by atoms with van der Waals surface area (Å²) in [5.74, 6) is 1.51. The molecule has 3 nitrogen and oxygen atoms in total. The summed E-state index contributed by atoms with van der Waals surface area (Å²) in [4.78, 5) is 0. The zero-order valence-corrected chi connectivity index (χ0v) is 14.9. The van der Waals surface area contributed by atoms with E-state index in [4.69, 9.17) is 20.6 Å². The molecule has 0 fully saturated rings. The van der Waals surface area contributed by atoms with Crippen molar-refractivity contribution in [3.8, 4) is 0 Å². The summed E-state index contributed by atoms with van der Waals surface area (Å²) < 4.78 is 23.8. The first-order chi connectivity index (χ1) is 10.1. The summed E-state index contributed by atoms with van der Waals surface area (Å²) in [6, 6.07) is 0. The number of halogens is 1. The van der Waals surface area contributed by atoms with Crippen LogP contribution >= 0.6 is 19.2 Å². The number of unbranched alkanes of at least 4 members (excludes halogenated alkanes) is 2. The Morgan fingerprint density at radius 1 is 1.24 bits per heavy atom. The molecule has 0 atom stereocenters. The van der Waals surface area contributed by atoms with Crippen molar-refractivity contribution in [3.05, 3.63) is 22.5 Å². The van der Waals surface area contributed by atoms with Crippen LogP contribution in [0.25, 0.3) is 0 Å². The highest BCUT2D eigenvalue weighted by atomic mass is 35.5. The fraction of sp³-hybridized carbons (Fsp3) is 0.750. The minimum Gasteiger partial charge on any atom is -0.306 e. The molecular formula is C16H28ClO3P. The first-order valence-electron chi connectivity index (χ1n) is 8.08. The quantitative estimate of drug-likeness (QED) is 0.343. The lowest BCUT2D eigenvalue weighted by Gasteiger charge is -2.17. The van der Waals surface area contributed by atoms with E-state index in [0.29, 0.717) is 18.2 Å². The topological polar surface area (TPSA) is 35.5 Å². The van der Waals surface area contributed by atoms with Gasteiger partial charge in [-0.05, 0) is 44.1 Å². The molecular weight excluding hydrogens is 307 g/mol. The summed E-state index contributed by atoms with van der Waals surface area (Å²) in [6.45, 7) is 5.03. The number of allylic oxidation sites excluding steroid dienone is 3. The Morgan fingerprint density at radius 2 is 1.86 bits per heavy atom. The van der Waals surface area contributed by atoms with Gasteiger partial charge in [-0.25, -0.2) is 0 Å². The molecule has 1 rings (SSSR count). The Kier molecular flexibility index (Phi) is 9.59. The molecule has 0 unspecified atom stereocenters. The van der Waals surface area contributed by atoms with Crippen LogP contribution in [0.5, 0.6) is 0 Å². The van der Waals surface area contributed by atoms with E-state index >= 15 is 0 Å². The maximum Gasteiger partial charge on any atom is 0.355 e. The van der Waals surface area contributed by atoms with Crippen molar-refractivity contribution in [2.75, 3.05) is 13.2 Å². The average Bonchev–Trinajstić information content (AvgIpc) is 2.48. The molecule has 0 aliphatic heterocycles. The van der Waals surface area contributed by atoms with Crippen molar-refractivity contribution >= 4 is 19.2 Å². The van der Waals surface area contributed by atoms with Gasteiger partial charge in [0.15, 0.2) is 0 Å². The van der Waals surface area contributed by atoms with E-state index in [9.17, 15) is 4.57 Å². The van der Waals surface area contributed by atoms with Gasteiger partial charge in [-0.2, -0.15) is 0 Å². The Balaban J connectivity index is 2.73. The van der Waals surface area contributed by atoms with Gasteiger partial charge >= 0.3 is 7.60 Å². The number of rotatable bonds is 10. The molecule has 0 aromatic carbocycles. The molecule has 0 bridgehead atoms. The minimum atomic E-state index is -3.24. The summed E-state index contributed by atoms with van der Waals surface area (Å²) in [7, 11) is -3.24. The Morgan fingerprint density at radius 3 is 2.33 bits per heavy atom. The zero-order valence-electron chi connectivity index (χ0n) is 13.3. The number of hydrogen-bond acceptors (Lipinski definition) is 3. The van der Waals surface area contributed by atoms with E-state index in [2.05, 4.69) is 19.9 Å². The van der Waals surface area contributed by atoms with Crippen molar-refractivity contribution in [1.29, 1.82) is 0 Å². The molecule has 0 saturated heterocycles. The molecule has 1 aliphatic carbocycles. The van der Waals surface area contributed by atoms with E-state index in [1.54, 1.807) is 0 Å². The van der Waals surface area contributed by atoms with Crippen LogP contribution in [0.1, 0.15) is 65.2 Å². The monoisotopic (exact) mass is 334 g/mol. The molecule has 122 valence electrons. The van der Waals surface area contributed by atoms with Crippen molar-refractivity contribution in [3.63, 3.8) is 0 Å². The van der Waals surface area contributed by atoms with Gasteiger partial charge in [-0.3, -0.25) is 4.57 Å². The van der Waals surface area contributed by atoms with Gasteiger partial charge in [-0.1, -0.05) is 44.4 Å². The van der Waals surface area contributed by atoms with Crippen LogP contribution in [0, 0.1) is 0 Å². The fourth-order valence-corrected chi connectivity index (χ4v) is 4.03. The Hall–Kier alpha value is -0.0800. The average molecular weight is 335 g/mol. The molecule has 0 aromatic heterocycles. The number of hydrogen-bond donors (Lipinski definition) is 0. The van der Waals surface area contributed by atoms with Crippen molar-refractivity contribution in [2.45, 2.75) is 65.2 Å². The third-order valence-corrected chi connectivity index (χ3v) is 5.57. The lowest BCUT2D eigenvalue weighted by molar-refractivity contribution is 0.207. The molecule has 0 radical (unpaired) electrons. The third kappa shape index (κ3) is 7.65.